The van der Waals surface area contributed by atoms with E-state index in [9.17, 15) is 18.8 Å². The monoisotopic (exact) mass is 573 g/mol. The van der Waals surface area contributed by atoms with E-state index in [0.29, 0.717) is 44.7 Å². The summed E-state index contributed by atoms with van der Waals surface area (Å²) in [4.78, 5) is 48.5. The third kappa shape index (κ3) is 7.77. The van der Waals surface area contributed by atoms with Crippen molar-refractivity contribution in [1.82, 2.24) is 24.9 Å². The molecule has 1 saturated heterocycles. The van der Waals surface area contributed by atoms with Crippen LogP contribution in [0, 0.1) is 17.2 Å². The van der Waals surface area contributed by atoms with Crippen molar-refractivity contribution in [3.8, 4) is 0 Å². The number of rotatable bonds is 11. The number of aromatic amines is 1. The lowest BCUT2D eigenvalue weighted by Gasteiger charge is -2.46. The Morgan fingerprint density at radius 2 is 1.90 bits per heavy atom. The molecule has 3 N–H and O–H groups in total. The molecule has 0 bridgehead atoms. The number of imidazole rings is 1. The number of nitrogens with one attached hydrogen (secondary N) is 3. The van der Waals surface area contributed by atoms with Crippen molar-refractivity contribution in [2.75, 3.05) is 25.4 Å². The molecule has 1 saturated carbocycles. The molecule has 1 aromatic carbocycles. The predicted molar refractivity (Wildman–Crippen MR) is 152 cm³/mol. The van der Waals surface area contributed by atoms with E-state index < -0.39 is 17.5 Å². The molecule has 4 rings (SSSR count). The number of carbonyl (C=O) groups excluding carboxylic acids is 3. The van der Waals surface area contributed by atoms with E-state index in [0.717, 1.165) is 36.9 Å². The lowest BCUT2D eigenvalue weighted by molar-refractivity contribution is -0.166. The third-order valence-corrected chi connectivity index (χ3v) is 8.92. The van der Waals surface area contributed by atoms with Crippen molar-refractivity contribution in [3.05, 3.63) is 53.9 Å². The first-order valence-corrected chi connectivity index (χ1v) is 15.3. The van der Waals surface area contributed by atoms with Crippen molar-refractivity contribution >= 4 is 29.9 Å². The van der Waals surface area contributed by atoms with Crippen LogP contribution in [-0.4, -0.2) is 64.3 Å². The first-order chi connectivity index (χ1) is 19.4. The molecule has 2 aliphatic rings. The van der Waals surface area contributed by atoms with Crippen LogP contribution < -0.4 is 10.0 Å². The van der Waals surface area contributed by atoms with E-state index in [1.165, 1.54) is 30.5 Å². The second kappa shape index (κ2) is 14.5. The molecular formula is C29H40FN5O4S. The van der Waals surface area contributed by atoms with Gasteiger partial charge in [-0.05, 0) is 74.6 Å². The molecule has 2 heterocycles. The Hall–Kier alpha value is -3.08. The molecule has 1 aliphatic heterocycles. The van der Waals surface area contributed by atoms with Crippen LogP contribution in [0.1, 0.15) is 63.1 Å². The normalized spacial score (nSPS) is 18.1. The molecule has 1 aliphatic carbocycles. The zero-order valence-corrected chi connectivity index (χ0v) is 23.9. The van der Waals surface area contributed by atoms with E-state index in [1.54, 1.807) is 29.6 Å². The minimum absolute atomic E-state index is 0.137. The summed E-state index contributed by atoms with van der Waals surface area (Å²) in [6.45, 7) is 3.03. The zero-order chi connectivity index (χ0) is 28.4. The number of aromatic nitrogens is 2. The van der Waals surface area contributed by atoms with Gasteiger partial charge in [-0.2, -0.15) is 0 Å². The maximum absolute atomic E-state index is 13.7. The van der Waals surface area contributed by atoms with Gasteiger partial charge in [-0.3, -0.25) is 14.3 Å². The highest BCUT2D eigenvalue weighted by Crippen LogP contribution is 2.47. The molecule has 0 spiro atoms. The summed E-state index contributed by atoms with van der Waals surface area (Å²) in [6, 6.07) is 4.65. The largest absolute Gasteiger partial charge is 0.466 e. The summed E-state index contributed by atoms with van der Waals surface area (Å²) in [5, 5.41) is 2.83. The first-order valence-electron chi connectivity index (χ1n) is 14.3. The molecule has 218 valence electrons. The van der Waals surface area contributed by atoms with Gasteiger partial charge in [0.05, 0.1) is 18.3 Å². The van der Waals surface area contributed by atoms with Crippen molar-refractivity contribution in [2.45, 2.75) is 70.8 Å². The number of nitrogens with zero attached hydrogens (tertiary/aromatic N) is 2. The van der Waals surface area contributed by atoms with Gasteiger partial charge in [-0.25, -0.2) is 14.2 Å². The summed E-state index contributed by atoms with van der Waals surface area (Å²) in [5.74, 6) is 0.204. The average Bonchev–Trinajstić information content (AvgIpc) is 3.50. The second-order valence-corrected chi connectivity index (χ2v) is 11.6. The molecule has 1 unspecified atom stereocenters. The maximum atomic E-state index is 13.7. The fourth-order valence-corrected chi connectivity index (χ4v) is 6.61. The van der Waals surface area contributed by atoms with E-state index in [1.807, 2.05) is 6.92 Å². The number of esters is 1. The number of H-pyrrole nitrogens is 1. The smallest absolute Gasteiger partial charge is 0.325 e. The Kier molecular flexibility index (Phi) is 10.9. The van der Waals surface area contributed by atoms with Crippen molar-refractivity contribution in [1.29, 1.82) is 0 Å². The minimum Gasteiger partial charge on any atom is -0.466 e. The highest BCUT2D eigenvalue weighted by molar-refractivity contribution is 7.97. The van der Waals surface area contributed by atoms with E-state index in [-0.39, 0.29) is 30.0 Å². The fourth-order valence-electron chi connectivity index (χ4n) is 6.00. The van der Waals surface area contributed by atoms with Crippen LogP contribution in [0.15, 0.2) is 36.8 Å². The number of benzene rings is 1. The standard InChI is InChI=1S/C29H40FN5O4S/c1-2-39-27(37)29(22-6-4-3-5-7-22)13-15-35(16-14-29)26(36)25(18-21-8-10-23(30)11-9-21)33-28(38)34-40-17-12-24-19-31-20-32-24/h8-11,19-20,22,25H,2-7,12-18H2,1H3,(H,31,32)(H2,33,34,38). The van der Waals surface area contributed by atoms with E-state index >= 15 is 0 Å². The van der Waals surface area contributed by atoms with Crippen molar-refractivity contribution in [2.24, 2.45) is 11.3 Å². The predicted octanol–water partition coefficient (Wildman–Crippen LogP) is 4.40. The molecule has 9 nitrogen and oxygen atoms in total. The number of amides is 3. The molecule has 11 heteroatoms. The Labute approximate surface area is 239 Å². The zero-order valence-electron chi connectivity index (χ0n) is 23.1. The Morgan fingerprint density at radius 3 is 2.55 bits per heavy atom. The number of hydrogen-bond donors (Lipinski definition) is 3. The van der Waals surface area contributed by atoms with Crippen LogP contribution in [0.5, 0.6) is 0 Å². The van der Waals surface area contributed by atoms with Gasteiger partial charge >= 0.3 is 12.0 Å². The molecule has 40 heavy (non-hydrogen) atoms. The Bertz CT molecular complexity index is 1100. The summed E-state index contributed by atoms with van der Waals surface area (Å²) >= 11 is 1.24. The molecule has 2 aromatic rings. The van der Waals surface area contributed by atoms with E-state index in [2.05, 4.69) is 20.0 Å². The molecule has 1 aromatic heterocycles. The van der Waals surface area contributed by atoms with Crippen LogP contribution in [0.3, 0.4) is 0 Å². The van der Waals surface area contributed by atoms with Gasteiger partial charge < -0.3 is 19.9 Å². The van der Waals surface area contributed by atoms with Gasteiger partial charge in [0.25, 0.3) is 0 Å². The summed E-state index contributed by atoms with van der Waals surface area (Å²) in [6.07, 6.45) is 10.9. The number of halogens is 1. The van der Waals surface area contributed by atoms with Gasteiger partial charge in [-0.1, -0.05) is 31.4 Å². The minimum atomic E-state index is -0.830. The van der Waals surface area contributed by atoms with Crippen LogP contribution in [0.25, 0.3) is 0 Å². The van der Waals surface area contributed by atoms with Gasteiger partial charge in [0, 0.05) is 37.2 Å². The Morgan fingerprint density at radius 1 is 1.18 bits per heavy atom. The van der Waals surface area contributed by atoms with Gasteiger partial charge in [0.2, 0.25) is 5.91 Å². The third-order valence-electron chi connectivity index (χ3n) is 8.19. The SMILES string of the molecule is CCOC(=O)C1(C2CCCCC2)CCN(C(=O)C(Cc2ccc(F)cc2)NC(=O)NSCCc2cnc[nH]2)CC1. The first kappa shape index (κ1) is 29.9. The van der Waals surface area contributed by atoms with Crippen molar-refractivity contribution in [3.63, 3.8) is 0 Å². The van der Waals surface area contributed by atoms with Gasteiger partial charge in [-0.15, -0.1) is 0 Å². The number of urea groups is 1. The summed E-state index contributed by atoms with van der Waals surface area (Å²) in [7, 11) is 0. The van der Waals surface area contributed by atoms with Crippen molar-refractivity contribution < 1.29 is 23.5 Å². The maximum Gasteiger partial charge on any atom is 0.325 e. The van der Waals surface area contributed by atoms with Crippen LogP contribution >= 0.6 is 11.9 Å². The summed E-state index contributed by atoms with van der Waals surface area (Å²) < 4.78 is 21.8. The number of carbonyl (C=O) groups is 3. The lowest BCUT2D eigenvalue weighted by atomic mass is 9.63. The summed E-state index contributed by atoms with van der Waals surface area (Å²) in [5.41, 5.74) is 1.15. The van der Waals surface area contributed by atoms with E-state index in [4.69, 9.17) is 4.74 Å². The fraction of sp³-hybridized carbons (Fsp3) is 0.586. The second-order valence-electron chi connectivity index (χ2n) is 10.7. The highest BCUT2D eigenvalue weighted by atomic mass is 32.2. The number of aryl methyl sites for hydroxylation is 1. The number of piperidine rings is 1. The molecule has 3 amide bonds. The molecule has 2 fully saturated rings. The van der Waals surface area contributed by atoms with Crippen LogP contribution in [0.4, 0.5) is 9.18 Å². The number of hydrogen-bond acceptors (Lipinski definition) is 6. The van der Waals surface area contributed by atoms with Gasteiger partial charge in [0.1, 0.15) is 11.9 Å². The lowest BCUT2D eigenvalue weighted by Crippen LogP contribution is -2.56. The molecule has 1 atom stereocenters. The highest BCUT2D eigenvalue weighted by Gasteiger charge is 2.49. The van der Waals surface area contributed by atoms with Crippen LogP contribution in [-0.2, 0) is 27.2 Å². The molecular weight excluding hydrogens is 533 g/mol. The molecule has 0 radical (unpaired) electrons. The average molecular weight is 574 g/mol. The topological polar surface area (TPSA) is 116 Å². The van der Waals surface area contributed by atoms with Crippen LogP contribution in [0.2, 0.25) is 0 Å². The number of ether oxygens (including phenoxy) is 1. The Balaban J connectivity index is 1.40. The number of likely N-dealkylation sites (tertiary alicyclic amines) is 1. The quantitative estimate of drug-likeness (QED) is 0.208. The van der Waals surface area contributed by atoms with Gasteiger partial charge in [0.15, 0.2) is 0 Å².